The third-order valence-electron chi connectivity index (χ3n) is 1.43. The molecule has 0 fully saturated rings. The summed E-state index contributed by atoms with van der Waals surface area (Å²) in [5, 5.41) is 0. The molecule has 1 radical (unpaired) electrons. The van der Waals surface area contributed by atoms with Gasteiger partial charge in [0.1, 0.15) is 0 Å². The second kappa shape index (κ2) is 6.46. The van der Waals surface area contributed by atoms with Gasteiger partial charge in [0.05, 0.1) is 7.11 Å². The van der Waals surface area contributed by atoms with Crippen LogP contribution in [0.3, 0.4) is 0 Å². The smallest absolute Gasteiger partial charge is 0.460 e. The lowest BCUT2D eigenvalue weighted by Crippen LogP contribution is -2.50. The molecule has 1 unspecified atom stereocenters. The molecule has 0 aliphatic heterocycles. The maximum Gasteiger partial charge on any atom is 0.530 e. The Morgan fingerprint density at radius 3 is 2.18 bits per heavy atom. The molecule has 0 heterocycles. The summed E-state index contributed by atoms with van der Waals surface area (Å²) in [7, 11) is 0.925. The summed E-state index contributed by atoms with van der Waals surface area (Å²) in [6, 6.07) is 0. The van der Waals surface area contributed by atoms with Crippen molar-refractivity contribution in [1.29, 1.82) is 0 Å². The summed E-state index contributed by atoms with van der Waals surface area (Å²) in [5.74, 6) is -6.21. The van der Waals surface area contributed by atoms with Gasteiger partial charge in [-0.2, -0.15) is 0 Å². The Bertz CT molecular complexity index is 323. The lowest BCUT2D eigenvalue weighted by molar-refractivity contribution is -0.307. The molecule has 0 aromatic carbocycles. The highest BCUT2D eigenvalue weighted by Gasteiger charge is 2.52. The second-order valence-electron chi connectivity index (χ2n) is 2.65. The van der Waals surface area contributed by atoms with Crippen molar-refractivity contribution in [3.8, 4) is 0 Å². The number of rotatable bonds is 6. The standard InChI is InChI=1S/C9H11O8/c1-4-7(12)17-9(15-5-10,8(13)14-3)16-6(2)11/h4H2,1-3H3. The van der Waals surface area contributed by atoms with Gasteiger partial charge in [-0.15, -0.1) is 0 Å². The molecular weight excluding hydrogens is 236 g/mol. The van der Waals surface area contributed by atoms with Crippen LogP contribution in [0.15, 0.2) is 0 Å². The number of hydrogen-bond donors (Lipinski definition) is 0. The van der Waals surface area contributed by atoms with Crippen molar-refractivity contribution >= 4 is 24.4 Å². The quantitative estimate of drug-likeness (QED) is 0.453. The summed E-state index contributed by atoms with van der Waals surface area (Å²) in [6.45, 7) is 3.20. The molecule has 0 aromatic heterocycles. The Morgan fingerprint density at radius 2 is 1.82 bits per heavy atom. The minimum absolute atomic E-state index is 0.137. The zero-order valence-electron chi connectivity index (χ0n) is 9.47. The number of ether oxygens (including phenoxy) is 4. The van der Waals surface area contributed by atoms with Crippen molar-refractivity contribution in [2.45, 2.75) is 26.2 Å². The van der Waals surface area contributed by atoms with E-state index in [0.29, 0.717) is 0 Å². The highest BCUT2D eigenvalue weighted by molar-refractivity contribution is 5.84. The molecule has 8 nitrogen and oxygen atoms in total. The van der Waals surface area contributed by atoms with Crippen molar-refractivity contribution in [1.82, 2.24) is 0 Å². The normalized spacial score (nSPS) is 12.9. The minimum atomic E-state index is -2.88. The van der Waals surface area contributed by atoms with E-state index in [1.807, 2.05) is 0 Å². The molecule has 0 aromatic rings. The molecular formula is C9H11O8. The largest absolute Gasteiger partial charge is 0.530 e. The molecule has 1 atom stereocenters. The fraction of sp³-hybridized carbons (Fsp3) is 0.556. The summed E-state index contributed by atoms with van der Waals surface area (Å²) >= 11 is 0. The number of methoxy groups -OCH3 is 1. The third-order valence-corrected chi connectivity index (χ3v) is 1.43. The Labute approximate surface area is 96.8 Å². The lowest BCUT2D eigenvalue weighted by Gasteiger charge is -2.25. The molecule has 0 N–H and O–H groups in total. The van der Waals surface area contributed by atoms with Crippen LogP contribution in [0.1, 0.15) is 20.3 Å². The van der Waals surface area contributed by atoms with Gasteiger partial charge in [0.25, 0.3) is 0 Å². The summed E-state index contributed by atoms with van der Waals surface area (Å²) < 4.78 is 17.1. The van der Waals surface area contributed by atoms with Crippen LogP contribution in [-0.4, -0.2) is 37.5 Å². The van der Waals surface area contributed by atoms with Crippen molar-refractivity contribution in [3.05, 3.63) is 0 Å². The van der Waals surface area contributed by atoms with Crippen LogP contribution in [0.5, 0.6) is 0 Å². The van der Waals surface area contributed by atoms with Crippen LogP contribution in [0.2, 0.25) is 0 Å². The molecule has 0 saturated heterocycles. The van der Waals surface area contributed by atoms with Gasteiger partial charge < -0.3 is 18.9 Å². The van der Waals surface area contributed by atoms with E-state index in [2.05, 4.69) is 18.9 Å². The molecule has 0 amide bonds. The van der Waals surface area contributed by atoms with E-state index >= 15 is 0 Å². The van der Waals surface area contributed by atoms with E-state index < -0.39 is 23.9 Å². The van der Waals surface area contributed by atoms with Crippen LogP contribution in [-0.2, 0) is 38.1 Å². The van der Waals surface area contributed by atoms with Gasteiger partial charge >= 0.3 is 30.4 Å². The molecule has 0 spiro atoms. The maximum atomic E-state index is 11.3. The molecule has 0 bridgehead atoms. The van der Waals surface area contributed by atoms with Gasteiger partial charge in [-0.3, -0.25) is 9.59 Å². The molecule has 0 saturated carbocycles. The zero-order valence-corrected chi connectivity index (χ0v) is 9.47. The first-order valence-electron chi connectivity index (χ1n) is 4.46. The number of carbonyl (C=O) groups is 3. The summed E-state index contributed by atoms with van der Waals surface area (Å²) in [5.41, 5.74) is 0. The summed E-state index contributed by atoms with van der Waals surface area (Å²) in [6.07, 6.45) is -0.137. The monoisotopic (exact) mass is 247 g/mol. The van der Waals surface area contributed by atoms with E-state index in [1.165, 1.54) is 6.92 Å². The van der Waals surface area contributed by atoms with Crippen molar-refractivity contribution < 1.29 is 38.1 Å². The third kappa shape index (κ3) is 4.09. The summed E-state index contributed by atoms with van der Waals surface area (Å²) in [4.78, 5) is 43.4. The van der Waals surface area contributed by atoms with E-state index in [4.69, 9.17) is 0 Å². The number of hydrogen-bond acceptors (Lipinski definition) is 8. The first-order chi connectivity index (χ1) is 7.91. The van der Waals surface area contributed by atoms with Crippen molar-refractivity contribution in [2.24, 2.45) is 0 Å². The van der Waals surface area contributed by atoms with Gasteiger partial charge in [-0.05, 0) is 0 Å². The Morgan fingerprint density at radius 1 is 1.24 bits per heavy atom. The highest BCUT2D eigenvalue weighted by Crippen LogP contribution is 2.18. The molecule has 0 aliphatic carbocycles. The van der Waals surface area contributed by atoms with E-state index in [1.54, 1.807) is 0 Å². The molecule has 17 heavy (non-hydrogen) atoms. The lowest BCUT2D eigenvalue weighted by atomic mass is 10.5. The van der Waals surface area contributed by atoms with Gasteiger partial charge in [0.2, 0.25) is 0 Å². The van der Waals surface area contributed by atoms with E-state index in [-0.39, 0.29) is 6.42 Å². The number of esters is 3. The minimum Gasteiger partial charge on any atom is -0.460 e. The highest BCUT2D eigenvalue weighted by atomic mass is 16.9. The predicted octanol–water partition coefficient (Wildman–Crippen LogP) is -0.587. The molecule has 95 valence electrons. The maximum absolute atomic E-state index is 11.3. The van der Waals surface area contributed by atoms with Crippen molar-refractivity contribution in [2.75, 3.05) is 7.11 Å². The molecule has 8 heteroatoms. The van der Waals surface area contributed by atoms with E-state index in [9.17, 15) is 19.2 Å². The zero-order chi connectivity index (χ0) is 13.5. The second-order valence-corrected chi connectivity index (χ2v) is 2.65. The van der Waals surface area contributed by atoms with Crippen molar-refractivity contribution in [3.63, 3.8) is 0 Å². The van der Waals surface area contributed by atoms with Gasteiger partial charge in [-0.1, -0.05) is 6.92 Å². The van der Waals surface area contributed by atoms with Crippen LogP contribution in [0.25, 0.3) is 0 Å². The molecule has 0 aliphatic rings. The Hall–Kier alpha value is -2.12. The molecule has 0 rings (SSSR count). The SMILES string of the molecule is CCC(=O)OC(O[C]=O)(OC(C)=O)C(=O)OC. The van der Waals surface area contributed by atoms with Crippen LogP contribution in [0, 0.1) is 0 Å². The van der Waals surface area contributed by atoms with Crippen LogP contribution in [0.4, 0.5) is 0 Å². The first kappa shape index (κ1) is 14.9. The number of carbonyl (C=O) groups excluding carboxylic acids is 4. The van der Waals surface area contributed by atoms with Gasteiger partial charge in [-0.25, -0.2) is 9.59 Å². The Balaban J connectivity index is 5.21. The van der Waals surface area contributed by atoms with Gasteiger partial charge in [0.15, 0.2) is 0 Å². The van der Waals surface area contributed by atoms with Crippen LogP contribution >= 0.6 is 0 Å². The fourth-order valence-corrected chi connectivity index (χ4v) is 0.779. The fourth-order valence-electron chi connectivity index (χ4n) is 0.779. The average Bonchev–Trinajstić information content (AvgIpc) is 2.26. The first-order valence-corrected chi connectivity index (χ1v) is 4.46. The predicted molar refractivity (Wildman–Crippen MR) is 49.7 cm³/mol. The average molecular weight is 247 g/mol. The Kier molecular flexibility index (Phi) is 5.65. The van der Waals surface area contributed by atoms with Gasteiger partial charge in [0, 0.05) is 13.3 Å². The van der Waals surface area contributed by atoms with Crippen LogP contribution < -0.4 is 0 Å². The van der Waals surface area contributed by atoms with E-state index in [0.717, 1.165) is 20.5 Å². The topological polar surface area (TPSA) is 105 Å².